The topological polar surface area (TPSA) is 77.5 Å². The highest BCUT2D eigenvalue weighted by molar-refractivity contribution is 6.31. The standard InChI is InChI=1S/C20H17ClN2O4/c1-12-4-3-5-14(8-12)22-19(24)11-27-18-10-17(20(25)26-2)23-16-7-6-13(21)9-15(16)18/h3-10H,11H2,1-2H3,(H,22,24). The molecule has 0 saturated carbocycles. The fourth-order valence-electron chi connectivity index (χ4n) is 2.56. The fraction of sp³-hybridized carbons (Fsp3) is 0.150. The Kier molecular flexibility index (Phi) is 5.57. The molecule has 3 aromatic rings. The van der Waals surface area contributed by atoms with Crippen LogP contribution in [-0.2, 0) is 9.53 Å². The average molecular weight is 385 g/mol. The third-order valence-corrected chi connectivity index (χ3v) is 4.02. The highest BCUT2D eigenvalue weighted by Crippen LogP contribution is 2.28. The maximum atomic E-state index is 12.2. The van der Waals surface area contributed by atoms with E-state index in [-0.39, 0.29) is 18.2 Å². The van der Waals surface area contributed by atoms with Crippen LogP contribution >= 0.6 is 11.6 Å². The van der Waals surface area contributed by atoms with Gasteiger partial charge in [0.05, 0.1) is 12.6 Å². The molecular formula is C20H17ClN2O4. The summed E-state index contributed by atoms with van der Waals surface area (Å²) in [4.78, 5) is 28.3. The molecule has 1 amide bonds. The second kappa shape index (κ2) is 8.05. The predicted octanol–water partition coefficient (Wildman–Crippen LogP) is 4.00. The number of nitrogens with zero attached hydrogens (tertiary/aromatic N) is 1. The summed E-state index contributed by atoms with van der Waals surface area (Å²) < 4.78 is 10.4. The van der Waals surface area contributed by atoms with Crippen molar-refractivity contribution in [3.63, 3.8) is 0 Å². The second-order valence-electron chi connectivity index (χ2n) is 5.87. The van der Waals surface area contributed by atoms with E-state index in [1.807, 2.05) is 25.1 Å². The fourth-order valence-corrected chi connectivity index (χ4v) is 2.73. The number of fused-ring (bicyclic) bond motifs is 1. The van der Waals surface area contributed by atoms with Crippen LogP contribution in [0.15, 0.2) is 48.5 Å². The number of aryl methyl sites for hydroxylation is 1. The number of hydrogen-bond acceptors (Lipinski definition) is 5. The third-order valence-electron chi connectivity index (χ3n) is 3.79. The van der Waals surface area contributed by atoms with Crippen molar-refractivity contribution in [2.45, 2.75) is 6.92 Å². The van der Waals surface area contributed by atoms with Crippen molar-refractivity contribution in [3.8, 4) is 5.75 Å². The smallest absolute Gasteiger partial charge is 0.356 e. The molecule has 0 aliphatic rings. The van der Waals surface area contributed by atoms with Gasteiger partial charge in [-0.05, 0) is 42.8 Å². The molecule has 0 spiro atoms. The molecule has 0 aliphatic carbocycles. The van der Waals surface area contributed by atoms with Crippen LogP contribution in [0.5, 0.6) is 5.75 Å². The lowest BCUT2D eigenvalue weighted by molar-refractivity contribution is -0.118. The van der Waals surface area contributed by atoms with Gasteiger partial charge >= 0.3 is 5.97 Å². The van der Waals surface area contributed by atoms with Gasteiger partial charge in [0.1, 0.15) is 5.75 Å². The molecule has 1 N–H and O–H groups in total. The monoisotopic (exact) mass is 384 g/mol. The number of methoxy groups -OCH3 is 1. The summed E-state index contributed by atoms with van der Waals surface area (Å²) in [6.07, 6.45) is 0. The molecule has 0 atom stereocenters. The van der Waals surface area contributed by atoms with Gasteiger partial charge in [-0.15, -0.1) is 0 Å². The van der Waals surface area contributed by atoms with Crippen molar-refractivity contribution in [2.75, 3.05) is 19.0 Å². The van der Waals surface area contributed by atoms with Crippen LogP contribution in [0.1, 0.15) is 16.1 Å². The Morgan fingerprint density at radius 3 is 2.70 bits per heavy atom. The van der Waals surface area contributed by atoms with E-state index in [0.29, 0.717) is 27.4 Å². The molecule has 138 valence electrons. The first kappa shape index (κ1) is 18.7. The Morgan fingerprint density at radius 2 is 1.96 bits per heavy atom. The van der Waals surface area contributed by atoms with E-state index >= 15 is 0 Å². The van der Waals surface area contributed by atoms with Crippen molar-refractivity contribution in [2.24, 2.45) is 0 Å². The second-order valence-corrected chi connectivity index (χ2v) is 6.30. The number of benzene rings is 2. The summed E-state index contributed by atoms with van der Waals surface area (Å²) in [5, 5.41) is 3.85. The lowest BCUT2D eigenvalue weighted by atomic mass is 10.2. The molecule has 1 heterocycles. The van der Waals surface area contributed by atoms with Crippen molar-refractivity contribution in [1.29, 1.82) is 0 Å². The van der Waals surface area contributed by atoms with Gasteiger partial charge in [0, 0.05) is 22.2 Å². The number of anilines is 1. The van der Waals surface area contributed by atoms with E-state index in [2.05, 4.69) is 10.3 Å². The van der Waals surface area contributed by atoms with Crippen LogP contribution in [0, 0.1) is 6.92 Å². The number of aromatic nitrogens is 1. The van der Waals surface area contributed by atoms with Gasteiger partial charge in [0.2, 0.25) is 0 Å². The number of rotatable bonds is 5. The number of carbonyl (C=O) groups is 2. The zero-order chi connectivity index (χ0) is 19.4. The number of pyridine rings is 1. The van der Waals surface area contributed by atoms with E-state index in [4.69, 9.17) is 21.1 Å². The van der Waals surface area contributed by atoms with Gasteiger partial charge in [-0.2, -0.15) is 0 Å². The summed E-state index contributed by atoms with van der Waals surface area (Å²) in [5.41, 5.74) is 2.31. The van der Waals surface area contributed by atoms with Gasteiger partial charge in [-0.3, -0.25) is 4.79 Å². The molecule has 0 bridgehead atoms. The van der Waals surface area contributed by atoms with Gasteiger partial charge in [0.15, 0.2) is 12.3 Å². The first-order valence-corrected chi connectivity index (χ1v) is 8.52. The highest BCUT2D eigenvalue weighted by Gasteiger charge is 2.15. The molecule has 7 heteroatoms. The van der Waals surface area contributed by atoms with Crippen molar-refractivity contribution >= 4 is 40.1 Å². The minimum atomic E-state index is -0.596. The Morgan fingerprint density at radius 1 is 1.15 bits per heavy atom. The summed E-state index contributed by atoms with van der Waals surface area (Å²) in [6, 6.07) is 13.9. The maximum Gasteiger partial charge on any atom is 0.356 e. The number of carbonyl (C=O) groups excluding carboxylic acids is 2. The molecule has 1 aromatic heterocycles. The highest BCUT2D eigenvalue weighted by atomic mass is 35.5. The normalized spacial score (nSPS) is 10.5. The quantitative estimate of drug-likeness (QED) is 0.673. The Hall–Kier alpha value is -3.12. The molecule has 3 rings (SSSR count). The maximum absolute atomic E-state index is 12.2. The Bertz CT molecular complexity index is 1020. The number of halogens is 1. The number of ether oxygens (including phenoxy) is 2. The lowest BCUT2D eigenvalue weighted by Gasteiger charge is -2.11. The molecule has 0 saturated heterocycles. The zero-order valence-electron chi connectivity index (χ0n) is 14.8. The molecule has 27 heavy (non-hydrogen) atoms. The molecule has 0 aliphatic heterocycles. The van der Waals surface area contributed by atoms with E-state index in [9.17, 15) is 9.59 Å². The van der Waals surface area contributed by atoms with Crippen LogP contribution in [0.3, 0.4) is 0 Å². The summed E-state index contributed by atoms with van der Waals surface area (Å²) in [5.74, 6) is -0.601. The Balaban J connectivity index is 1.83. The molecular weight excluding hydrogens is 368 g/mol. The third kappa shape index (κ3) is 4.54. The Labute approximate surface area is 161 Å². The van der Waals surface area contributed by atoms with Crippen LogP contribution < -0.4 is 10.1 Å². The van der Waals surface area contributed by atoms with E-state index < -0.39 is 5.97 Å². The minimum absolute atomic E-state index is 0.0846. The number of nitrogens with one attached hydrogen (secondary N) is 1. The number of hydrogen-bond donors (Lipinski definition) is 1. The van der Waals surface area contributed by atoms with Crippen LogP contribution in [0.2, 0.25) is 5.02 Å². The van der Waals surface area contributed by atoms with Crippen LogP contribution in [-0.4, -0.2) is 30.6 Å². The van der Waals surface area contributed by atoms with E-state index in [0.717, 1.165) is 5.56 Å². The SMILES string of the molecule is COC(=O)c1cc(OCC(=O)Nc2cccc(C)c2)c2cc(Cl)ccc2n1. The van der Waals surface area contributed by atoms with E-state index in [1.54, 1.807) is 24.3 Å². The van der Waals surface area contributed by atoms with Gasteiger partial charge < -0.3 is 14.8 Å². The van der Waals surface area contributed by atoms with Gasteiger partial charge in [0.25, 0.3) is 5.91 Å². The largest absolute Gasteiger partial charge is 0.483 e. The van der Waals surface area contributed by atoms with Crippen LogP contribution in [0.4, 0.5) is 5.69 Å². The van der Waals surface area contributed by atoms with Gasteiger partial charge in [-0.25, -0.2) is 9.78 Å². The molecule has 2 aromatic carbocycles. The van der Waals surface area contributed by atoms with Crippen LogP contribution in [0.25, 0.3) is 10.9 Å². The lowest BCUT2D eigenvalue weighted by Crippen LogP contribution is -2.20. The predicted molar refractivity (Wildman–Crippen MR) is 103 cm³/mol. The molecule has 0 fully saturated rings. The van der Waals surface area contributed by atoms with Crippen molar-refractivity contribution in [1.82, 2.24) is 4.98 Å². The zero-order valence-corrected chi connectivity index (χ0v) is 15.5. The first-order valence-electron chi connectivity index (χ1n) is 8.14. The number of amides is 1. The van der Waals surface area contributed by atoms with Crippen molar-refractivity contribution in [3.05, 3.63) is 64.8 Å². The molecule has 0 unspecified atom stereocenters. The van der Waals surface area contributed by atoms with Gasteiger partial charge in [-0.1, -0.05) is 23.7 Å². The molecule has 0 radical (unpaired) electrons. The minimum Gasteiger partial charge on any atom is -0.483 e. The molecule has 6 nitrogen and oxygen atoms in total. The first-order chi connectivity index (χ1) is 13.0. The van der Waals surface area contributed by atoms with E-state index in [1.165, 1.54) is 13.2 Å². The average Bonchev–Trinajstić information content (AvgIpc) is 2.65. The number of esters is 1. The summed E-state index contributed by atoms with van der Waals surface area (Å²) >= 11 is 6.05. The van der Waals surface area contributed by atoms with Crippen molar-refractivity contribution < 1.29 is 19.1 Å². The summed E-state index contributed by atoms with van der Waals surface area (Å²) in [7, 11) is 1.27. The summed E-state index contributed by atoms with van der Waals surface area (Å²) in [6.45, 7) is 1.70.